The quantitative estimate of drug-likeness (QED) is 0.397. The molecule has 1 N–H and O–H groups in total. The van der Waals surface area contributed by atoms with Gasteiger partial charge in [-0.2, -0.15) is 0 Å². The Hall–Kier alpha value is -1.59. The number of nitrogens with one attached hydrogen (secondary N) is 1. The first-order chi connectivity index (χ1) is 12.9. The first-order valence-electron chi connectivity index (χ1n) is 10.0. The number of halogens is 1. The Bertz CT molecular complexity index is 548. The molecule has 0 aromatic heterocycles. The minimum absolute atomic E-state index is 0. The fraction of sp³-hybridized carbons (Fsp3) is 0.636. The lowest BCUT2D eigenvalue weighted by Crippen LogP contribution is -3.00. The number of esters is 1. The van der Waals surface area contributed by atoms with Crippen molar-refractivity contribution in [2.24, 2.45) is 11.8 Å². The van der Waals surface area contributed by atoms with Crippen molar-refractivity contribution < 1.29 is 26.7 Å². The summed E-state index contributed by atoms with van der Waals surface area (Å²) in [6, 6.07) is -0.0783. The zero-order valence-electron chi connectivity index (χ0n) is 17.7. The van der Waals surface area contributed by atoms with Crippen molar-refractivity contribution in [1.82, 2.24) is 10.2 Å². The third-order valence-electron chi connectivity index (χ3n) is 5.35. The van der Waals surface area contributed by atoms with E-state index in [0.717, 1.165) is 12.8 Å². The first kappa shape index (κ1) is 26.4. The summed E-state index contributed by atoms with van der Waals surface area (Å²) >= 11 is 0. The van der Waals surface area contributed by atoms with E-state index in [1.807, 2.05) is 25.2 Å². The van der Waals surface area contributed by atoms with Gasteiger partial charge in [0.2, 0.25) is 5.91 Å². The van der Waals surface area contributed by atoms with Gasteiger partial charge in [-0.05, 0) is 19.3 Å². The van der Waals surface area contributed by atoms with Gasteiger partial charge in [0.05, 0.1) is 12.6 Å². The lowest BCUT2D eigenvalue weighted by Gasteiger charge is -2.45. The SMILES string of the molecule is C=CCN(CC=C)C1CC(C(=O)OCC)=CC(C(CC)CC)C1NC(C)=O.[Cl-]. The molecule has 28 heavy (non-hydrogen) atoms. The number of hydrogen-bond donors (Lipinski definition) is 1. The number of nitrogens with zero attached hydrogens (tertiary/aromatic N) is 1. The summed E-state index contributed by atoms with van der Waals surface area (Å²) in [5.74, 6) is 0.158. The molecule has 6 heteroatoms. The molecule has 1 rings (SSSR count). The molecule has 1 aliphatic carbocycles. The summed E-state index contributed by atoms with van der Waals surface area (Å²) in [5.41, 5.74) is 0.707. The van der Waals surface area contributed by atoms with Gasteiger partial charge in [0.15, 0.2) is 0 Å². The maximum absolute atomic E-state index is 12.5. The van der Waals surface area contributed by atoms with E-state index in [0.29, 0.717) is 37.6 Å². The van der Waals surface area contributed by atoms with Crippen molar-refractivity contribution in [2.75, 3.05) is 19.7 Å². The van der Waals surface area contributed by atoms with Gasteiger partial charge in [-0.1, -0.05) is 44.9 Å². The van der Waals surface area contributed by atoms with E-state index in [2.05, 4.69) is 37.2 Å². The molecule has 160 valence electrons. The molecule has 0 bridgehead atoms. The fourth-order valence-corrected chi connectivity index (χ4v) is 4.11. The highest BCUT2D eigenvalue weighted by atomic mass is 35.5. The zero-order valence-corrected chi connectivity index (χ0v) is 18.5. The van der Waals surface area contributed by atoms with Crippen LogP contribution in [-0.2, 0) is 14.3 Å². The molecule has 3 atom stereocenters. The molecule has 0 heterocycles. The summed E-state index contributed by atoms with van der Waals surface area (Å²) in [7, 11) is 0. The number of hydrogen-bond acceptors (Lipinski definition) is 4. The molecular weight excluding hydrogens is 376 g/mol. The van der Waals surface area contributed by atoms with Gasteiger partial charge in [-0.25, -0.2) is 4.79 Å². The molecule has 5 nitrogen and oxygen atoms in total. The summed E-state index contributed by atoms with van der Waals surface area (Å²) in [6.07, 6.45) is 8.26. The topological polar surface area (TPSA) is 58.6 Å². The van der Waals surface area contributed by atoms with Crippen molar-refractivity contribution in [3.8, 4) is 0 Å². The number of amides is 1. The van der Waals surface area contributed by atoms with Crippen molar-refractivity contribution in [2.45, 2.75) is 59.0 Å². The lowest BCUT2D eigenvalue weighted by molar-refractivity contribution is -0.139. The summed E-state index contributed by atoms with van der Waals surface area (Å²) in [5, 5.41) is 3.17. The second-order valence-corrected chi connectivity index (χ2v) is 7.10. The summed E-state index contributed by atoms with van der Waals surface area (Å²) in [6.45, 7) is 17.1. The van der Waals surface area contributed by atoms with Gasteiger partial charge in [-0.15, -0.1) is 13.2 Å². The van der Waals surface area contributed by atoms with Gasteiger partial charge < -0.3 is 22.5 Å². The van der Waals surface area contributed by atoms with Gasteiger partial charge in [0.25, 0.3) is 0 Å². The average Bonchev–Trinajstić information content (AvgIpc) is 2.63. The van der Waals surface area contributed by atoms with Crippen LogP contribution in [0, 0.1) is 11.8 Å². The van der Waals surface area contributed by atoms with Crippen LogP contribution in [0.25, 0.3) is 0 Å². The predicted molar refractivity (Wildman–Crippen MR) is 110 cm³/mol. The van der Waals surface area contributed by atoms with Crippen LogP contribution < -0.4 is 17.7 Å². The second-order valence-electron chi connectivity index (χ2n) is 7.10. The maximum Gasteiger partial charge on any atom is 0.333 e. The van der Waals surface area contributed by atoms with Crippen LogP contribution in [0.2, 0.25) is 0 Å². The van der Waals surface area contributed by atoms with Crippen molar-refractivity contribution in [3.05, 3.63) is 37.0 Å². The highest BCUT2D eigenvalue weighted by molar-refractivity contribution is 5.89. The number of ether oxygens (including phenoxy) is 1. The van der Waals surface area contributed by atoms with Crippen molar-refractivity contribution in [1.29, 1.82) is 0 Å². The third-order valence-corrected chi connectivity index (χ3v) is 5.35. The molecule has 0 saturated heterocycles. The van der Waals surface area contributed by atoms with Gasteiger partial charge in [0.1, 0.15) is 0 Å². The van der Waals surface area contributed by atoms with E-state index in [9.17, 15) is 9.59 Å². The third kappa shape index (κ3) is 7.10. The summed E-state index contributed by atoms with van der Waals surface area (Å²) in [4.78, 5) is 26.7. The molecule has 0 aromatic carbocycles. The molecule has 1 amide bonds. The van der Waals surface area contributed by atoms with Crippen LogP contribution in [-0.4, -0.2) is 48.6 Å². The molecule has 0 fully saturated rings. The average molecular weight is 412 g/mol. The molecule has 0 spiro atoms. The van der Waals surface area contributed by atoms with Crippen LogP contribution >= 0.6 is 0 Å². The fourth-order valence-electron chi connectivity index (χ4n) is 4.11. The monoisotopic (exact) mass is 411 g/mol. The molecule has 1 aliphatic rings. The number of carbonyl (C=O) groups is 2. The van der Waals surface area contributed by atoms with Crippen LogP contribution in [0.1, 0.15) is 47.0 Å². The van der Waals surface area contributed by atoms with Crippen LogP contribution in [0.5, 0.6) is 0 Å². The largest absolute Gasteiger partial charge is 1.00 e. The normalized spacial score (nSPS) is 21.5. The van der Waals surface area contributed by atoms with Crippen LogP contribution in [0.3, 0.4) is 0 Å². The summed E-state index contributed by atoms with van der Waals surface area (Å²) < 4.78 is 5.29. The Morgan fingerprint density at radius 3 is 2.25 bits per heavy atom. The molecule has 3 unspecified atom stereocenters. The molecule has 0 aromatic rings. The Morgan fingerprint density at radius 1 is 1.25 bits per heavy atom. The Labute approximate surface area is 176 Å². The van der Waals surface area contributed by atoms with Gasteiger partial charge >= 0.3 is 5.97 Å². The molecular formula is C22H36ClN2O3-. The molecule has 0 saturated carbocycles. The number of rotatable bonds is 11. The highest BCUT2D eigenvalue weighted by Crippen LogP contribution is 2.35. The molecule has 0 radical (unpaired) electrons. The predicted octanol–water partition coefficient (Wildman–Crippen LogP) is 0.483. The van der Waals surface area contributed by atoms with E-state index in [4.69, 9.17) is 4.74 Å². The minimum atomic E-state index is -0.253. The number of carbonyl (C=O) groups excluding carboxylic acids is 2. The van der Waals surface area contributed by atoms with Crippen molar-refractivity contribution in [3.63, 3.8) is 0 Å². The molecule has 0 aliphatic heterocycles. The second kappa shape index (κ2) is 13.6. The Balaban J connectivity index is 0.00000729. The van der Waals surface area contributed by atoms with Crippen LogP contribution in [0.15, 0.2) is 37.0 Å². The zero-order chi connectivity index (χ0) is 20.4. The van der Waals surface area contributed by atoms with Crippen molar-refractivity contribution >= 4 is 11.9 Å². The van der Waals surface area contributed by atoms with E-state index in [1.54, 1.807) is 6.92 Å². The van der Waals surface area contributed by atoms with E-state index >= 15 is 0 Å². The highest BCUT2D eigenvalue weighted by Gasteiger charge is 2.40. The van der Waals surface area contributed by atoms with E-state index < -0.39 is 0 Å². The maximum atomic E-state index is 12.5. The first-order valence-corrected chi connectivity index (χ1v) is 10.0. The van der Waals surface area contributed by atoms with Crippen LogP contribution in [0.4, 0.5) is 0 Å². The Morgan fingerprint density at radius 2 is 1.82 bits per heavy atom. The van der Waals surface area contributed by atoms with Gasteiger partial charge in [0, 0.05) is 37.5 Å². The van der Waals surface area contributed by atoms with E-state index in [-0.39, 0.29) is 42.3 Å². The Kier molecular flexibility index (Phi) is 12.8. The minimum Gasteiger partial charge on any atom is -1.00 e. The van der Waals surface area contributed by atoms with Gasteiger partial charge in [-0.3, -0.25) is 9.69 Å². The lowest BCUT2D eigenvalue weighted by atomic mass is 9.73. The van der Waals surface area contributed by atoms with E-state index in [1.165, 1.54) is 0 Å². The smallest absolute Gasteiger partial charge is 0.333 e. The standard InChI is InChI=1S/C22H36N2O3.ClH/c1-7-12-24(13-8-2)20-15-18(22(26)27-11-5)14-19(17(9-3)10-4)21(20)23-16(6)25;/h7-8,14,17,19-21H,1-2,9-13,15H2,3-6H3,(H,23,25);1H/p-1.